The molecule has 1 heterocycles. The molecule has 0 saturated carbocycles. The van der Waals surface area contributed by atoms with Crippen LogP contribution in [0.1, 0.15) is 12.0 Å². The monoisotopic (exact) mass is 324 g/mol. The van der Waals surface area contributed by atoms with E-state index in [9.17, 15) is 4.79 Å². The minimum Gasteiger partial charge on any atom is -0.302 e. The van der Waals surface area contributed by atoms with Crippen molar-refractivity contribution >= 4 is 38.3 Å². The first-order chi connectivity index (χ1) is 8.69. The topological polar surface area (TPSA) is 42.0 Å². The van der Waals surface area contributed by atoms with Crippen LogP contribution in [0, 0.1) is 6.92 Å². The maximum atomic E-state index is 11.4. The quantitative estimate of drug-likeness (QED) is 0.868. The molecule has 0 atom stereocenters. The number of anilines is 1. The van der Waals surface area contributed by atoms with Gasteiger partial charge in [-0.15, -0.1) is 11.3 Å². The second kappa shape index (κ2) is 6.11. The van der Waals surface area contributed by atoms with E-state index < -0.39 is 0 Å². The predicted octanol–water partition coefficient (Wildman–Crippen LogP) is 3.84. The molecule has 2 aromatic rings. The standard InChI is InChI=1S/C13H13BrN2OS/c1-9-2-4-10(5-3-9)11-8-18-13(15-11)16-12(17)6-7-14/h2-5,8H,6-7H2,1H3,(H,15,16,17). The van der Waals surface area contributed by atoms with Gasteiger partial charge < -0.3 is 5.32 Å². The molecular weight excluding hydrogens is 312 g/mol. The van der Waals surface area contributed by atoms with Crippen molar-refractivity contribution in [2.45, 2.75) is 13.3 Å². The summed E-state index contributed by atoms with van der Waals surface area (Å²) < 4.78 is 0. The lowest BCUT2D eigenvalue weighted by Crippen LogP contribution is -2.11. The van der Waals surface area contributed by atoms with Crippen LogP contribution < -0.4 is 5.32 Å². The number of amides is 1. The molecule has 0 saturated heterocycles. The lowest BCUT2D eigenvalue weighted by Gasteiger charge is -1.99. The van der Waals surface area contributed by atoms with Gasteiger partial charge in [0.25, 0.3) is 0 Å². The van der Waals surface area contributed by atoms with Crippen LogP contribution in [0.15, 0.2) is 29.6 Å². The van der Waals surface area contributed by atoms with E-state index in [-0.39, 0.29) is 5.91 Å². The number of thiazole rings is 1. The van der Waals surface area contributed by atoms with Gasteiger partial charge >= 0.3 is 0 Å². The maximum Gasteiger partial charge on any atom is 0.226 e. The number of nitrogens with one attached hydrogen (secondary N) is 1. The minimum atomic E-state index is -0.0170. The highest BCUT2D eigenvalue weighted by Crippen LogP contribution is 2.25. The lowest BCUT2D eigenvalue weighted by molar-refractivity contribution is -0.115. The maximum absolute atomic E-state index is 11.4. The van der Waals surface area contributed by atoms with Gasteiger partial charge in [0.2, 0.25) is 5.91 Å². The first kappa shape index (κ1) is 13.2. The summed E-state index contributed by atoms with van der Waals surface area (Å²) in [5, 5.41) is 6.05. The normalized spacial score (nSPS) is 10.3. The molecule has 0 bridgehead atoms. The molecule has 3 nitrogen and oxygen atoms in total. The molecule has 5 heteroatoms. The van der Waals surface area contributed by atoms with Gasteiger partial charge in [0.05, 0.1) is 5.69 Å². The Labute approximate surface area is 118 Å². The first-order valence-electron chi connectivity index (χ1n) is 5.57. The van der Waals surface area contributed by atoms with Crippen molar-refractivity contribution in [2.75, 3.05) is 10.6 Å². The number of aromatic nitrogens is 1. The Bertz CT molecular complexity index is 536. The molecule has 1 amide bonds. The highest BCUT2D eigenvalue weighted by atomic mass is 79.9. The van der Waals surface area contributed by atoms with Crippen LogP contribution in [0.25, 0.3) is 11.3 Å². The van der Waals surface area contributed by atoms with Crippen molar-refractivity contribution in [3.8, 4) is 11.3 Å². The molecular formula is C13H13BrN2OS. The smallest absolute Gasteiger partial charge is 0.226 e. The average Bonchev–Trinajstić information content (AvgIpc) is 2.78. The molecule has 94 valence electrons. The van der Waals surface area contributed by atoms with E-state index in [2.05, 4.69) is 45.3 Å². The van der Waals surface area contributed by atoms with Gasteiger partial charge in [-0.1, -0.05) is 45.8 Å². The Morgan fingerprint density at radius 1 is 1.39 bits per heavy atom. The number of aryl methyl sites for hydroxylation is 1. The zero-order valence-corrected chi connectivity index (χ0v) is 12.3. The number of carbonyl (C=O) groups is 1. The van der Waals surface area contributed by atoms with Gasteiger partial charge in [-0.05, 0) is 6.92 Å². The van der Waals surface area contributed by atoms with E-state index in [1.165, 1.54) is 16.9 Å². The van der Waals surface area contributed by atoms with Gasteiger partial charge in [0.1, 0.15) is 0 Å². The molecule has 0 radical (unpaired) electrons. The minimum absolute atomic E-state index is 0.0170. The third kappa shape index (κ3) is 3.40. The van der Waals surface area contributed by atoms with E-state index >= 15 is 0 Å². The van der Waals surface area contributed by atoms with Crippen molar-refractivity contribution in [2.24, 2.45) is 0 Å². The number of carbonyl (C=O) groups excluding carboxylic acids is 1. The zero-order chi connectivity index (χ0) is 13.0. The van der Waals surface area contributed by atoms with Gasteiger partial charge in [-0.25, -0.2) is 4.98 Å². The predicted molar refractivity (Wildman–Crippen MR) is 79.3 cm³/mol. The summed E-state index contributed by atoms with van der Waals surface area (Å²) in [6, 6.07) is 8.18. The van der Waals surface area contributed by atoms with E-state index in [0.29, 0.717) is 16.9 Å². The fourth-order valence-corrected chi connectivity index (χ4v) is 2.55. The number of rotatable bonds is 4. The van der Waals surface area contributed by atoms with Crippen molar-refractivity contribution in [1.29, 1.82) is 0 Å². The number of hydrogen-bond donors (Lipinski definition) is 1. The number of nitrogens with zero attached hydrogens (tertiary/aromatic N) is 1. The zero-order valence-electron chi connectivity index (χ0n) is 9.94. The summed E-state index contributed by atoms with van der Waals surface area (Å²) in [4.78, 5) is 15.8. The van der Waals surface area contributed by atoms with Crippen LogP contribution in [0.4, 0.5) is 5.13 Å². The van der Waals surface area contributed by atoms with Crippen molar-refractivity contribution in [1.82, 2.24) is 4.98 Å². The SMILES string of the molecule is Cc1ccc(-c2csc(NC(=O)CCBr)n2)cc1. The molecule has 0 unspecified atom stereocenters. The molecule has 18 heavy (non-hydrogen) atoms. The third-order valence-corrected chi connectivity index (χ3v) is 3.57. The largest absolute Gasteiger partial charge is 0.302 e. The van der Waals surface area contributed by atoms with E-state index in [4.69, 9.17) is 0 Å². The van der Waals surface area contributed by atoms with Crippen LogP contribution in [0.3, 0.4) is 0 Å². The van der Waals surface area contributed by atoms with Crippen LogP contribution in [-0.2, 0) is 4.79 Å². The number of halogens is 1. The van der Waals surface area contributed by atoms with Gasteiger partial charge in [0.15, 0.2) is 5.13 Å². The summed E-state index contributed by atoms with van der Waals surface area (Å²) in [7, 11) is 0. The Kier molecular flexibility index (Phi) is 4.49. The number of alkyl halides is 1. The average molecular weight is 325 g/mol. The van der Waals surface area contributed by atoms with Gasteiger partial charge in [-0.3, -0.25) is 4.79 Å². The molecule has 1 aromatic heterocycles. The van der Waals surface area contributed by atoms with Crippen molar-refractivity contribution in [3.05, 3.63) is 35.2 Å². The van der Waals surface area contributed by atoms with Crippen LogP contribution in [0.5, 0.6) is 0 Å². The Morgan fingerprint density at radius 2 is 2.11 bits per heavy atom. The van der Waals surface area contributed by atoms with E-state index in [0.717, 1.165) is 11.3 Å². The number of hydrogen-bond acceptors (Lipinski definition) is 3. The van der Waals surface area contributed by atoms with Crippen LogP contribution in [-0.4, -0.2) is 16.2 Å². The summed E-state index contributed by atoms with van der Waals surface area (Å²) in [6.07, 6.45) is 0.458. The Morgan fingerprint density at radius 3 is 2.78 bits per heavy atom. The third-order valence-electron chi connectivity index (χ3n) is 2.42. The Hall–Kier alpha value is -1.20. The highest BCUT2D eigenvalue weighted by molar-refractivity contribution is 9.09. The summed E-state index contributed by atoms with van der Waals surface area (Å²) in [6.45, 7) is 2.05. The summed E-state index contributed by atoms with van der Waals surface area (Å²) >= 11 is 4.68. The summed E-state index contributed by atoms with van der Waals surface area (Å²) in [5.74, 6) is -0.0170. The van der Waals surface area contributed by atoms with Crippen molar-refractivity contribution in [3.63, 3.8) is 0 Å². The molecule has 2 rings (SSSR count). The molecule has 1 N–H and O–H groups in total. The van der Waals surface area contributed by atoms with Crippen LogP contribution in [0.2, 0.25) is 0 Å². The van der Waals surface area contributed by atoms with E-state index in [1.807, 2.05) is 17.5 Å². The number of benzene rings is 1. The highest BCUT2D eigenvalue weighted by Gasteiger charge is 2.07. The molecule has 0 spiro atoms. The molecule has 1 aromatic carbocycles. The fourth-order valence-electron chi connectivity index (χ4n) is 1.46. The molecule has 0 aliphatic carbocycles. The lowest BCUT2D eigenvalue weighted by atomic mass is 10.1. The fraction of sp³-hybridized carbons (Fsp3) is 0.231. The second-order valence-corrected chi connectivity index (χ2v) is 5.54. The first-order valence-corrected chi connectivity index (χ1v) is 7.57. The van der Waals surface area contributed by atoms with Gasteiger partial charge in [0, 0.05) is 22.7 Å². The Balaban J connectivity index is 2.10. The van der Waals surface area contributed by atoms with Crippen molar-refractivity contribution < 1.29 is 4.79 Å². The molecule has 0 aliphatic heterocycles. The second-order valence-electron chi connectivity index (χ2n) is 3.89. The van der Waals surface area contributed by atoms with E-state index in [1.54, 1.807) is 0 Å². The van der Waals surface area contributed by atoms with Gasteiger partial charge in [-0.2, -0.15) is 0 Å². The summed E-state index contributed by atoms with van der Waals surface area (Å²) in [5.41, 5.74) is 3.19. The molecule has 0 fully saturated rings. The van der Waals surface area contributed by atoms with Crippen LogP contribution >= 0.6 is 27.3 Å². The molecule has 0 aliphatic rings.